The fourth-order valence-electron chi connectivity index (χ4n) is 3.63. The summed E-state index contributed by atoms with van der Waals surface area (Å²) in [6.07, 6.45) is 10.3. The molecule has 4 rings (SSSR count). The van der Waals surface area contributed by atoms with Crippen LogP contribution in [0.1, 0.15) is 24.0 Å². The molecule has 1 fully saturated rings. The van der Waals surface area contributed by atoms with Crippen molar-refractivity contribution in [2.45, 2.75) is 32.9 Å². The second kappa shape index (κ2) is 7.79. The van der Waals surface area contributed by atoms with E-state index in [9.17, 15) is 0 Å². The van der Waals surface area contributed by atoms with E-state index in [1.165, 1.54) is 24.0 Å². The molecule has 134 valence electrons. The fraction of sp³-hybridized carbons (Fsp3) is 0.381. The summed E-state index contributed by atoms with van der Waals surface area (Å²) in [5.41, 5.74) is 3.50. The van der Waals surface area contributed by atoms with Crippen molar-refractivity contribution in [1.29, 1.82) is 0 Å². The molecule has 0 radical (unpaired) electrons. The summed E-state index contributed by atoms with van der Waals surface area (Å²) in [5, 5.41) is 4.32. The third-order valence-electron chi connectivity index (χ3n) is 5.10. The minimum Gasteiger partial charge on any atom is -0.299 e. The predicted octanol–water partition coefficient (Wildman–Crippen LogP) is 3.56. The molecule has 1 aliphatic rings. The van der Waals surface area contributed by atoms with Crippen molar-refractivity contribution in [2.24, 2.45) is 5.92 Å². The summed E-state index contributed by atoms with van der Waals surface area (Å²) in [7, 11) is 0. The Morgan fingerprint density at radius 2 is 1.88 bits per heavy atom. The highest BCUT2D eigenvalue weighted by Gasteiger charge is 2.20. The summed E-state index contributed by atoms with van der Waals surface area (Å²) in [4.78, 5) is 11.6. The summed E-state index contributed by atoms with van der Waals surface area (Å²) >= 11 is 0. The number of hydrogen-bond acceptors (Lipinski definition) is 4. The number of piperidine rings is 1. The lowest BCUT2D eigenvalue weighted by Crippen LogP contribution is -2.34. The summed E-state index contributed by atoms with van der Waals surface area (Å²) < 4.78 is 2.05. The number of likely N-dealkylation sites (tertiary alicyclic amines) is 1. The van der Waals surface area contributed by atoms with Crippen molar-refractivity contribution in [3.8, 4) is 11.4 Å². The number of nitrogens with zero attached hydrogens (tertiary/aromatic N) is 5. The van der Waals surface area contributed by atoms with Crippen LogP contribution in [0.3, 0.4) is 0 Å². The van der Waals surface area contributed by atoms with E-state index in [2.05, 4.69) is 62.0 Å². The Kier molecular flexibility index (Phi) is 5.07. The lowest BCUT2D eigenvalue weighted by Gasteiger charge is -2.31. The van der Waals surface area contributed by atoms with Crippen molar-refractivity contribution in [2.75, 3.05) is 13.1 Å². The Hall–Kier alpha value is -2.53. The van der Waals surface area contributed by atoms with Crippen molar-refractivity contribution in [3.05, 3.63) is 66.2 Å². The van der Waals surface area contributed by atoms with Crippen molar-refractivity contribution in [3.63, 3.8) is 0 Å². The minimum atomic E-state index is 0.728. The monoisotopic (exact) mass is 347 g/mol. The summed E-state index contributed by atoms with van der Waals surface area (Å²) in [6, 6.07) is 10.3. The molecule has 3 heterocycles. The molecule has 26 heavy (non-hydrogen) atoms. The van der Waals surface area contributed by atoms with Gasteiger partial charge in [0.25, 0.3) is 0 Å². The maximum Gasteiger partial charge on any atom is 0.159 e. The molecule has 0 bridgehead atoms. The largest absolute Gasteiger partial charge is 0.299 e. The first-order valence-electron chi connectivity index (χ1n) is 9.34. The molecule has 0 spiro atoms. The lowest BCUT2D eigenvalue weighted by atomic mass is 9.96. The zero-order valence-electron chi connectivity index (χ0n) is 15.3. The molecule has 1 saturated heterocycles. The van der Waals surface area contributed by atoms with Gasteiger partial charge in [0.2, 0.25) is 0 Å². The summed E-state index contributed by atoms with van der Waals surface area (Å²) in [6.45, 7) is 6.32. The lowest BCUT2D eigenvalue weighted by molar-refractivity contribution is 0.164. The zero-order chi connectivity index (χ0) is 17.8. The van der Waals surface area contributed by atoms with E-state index in [-0.39, 0.29) is 0 Å². The molecule has 5 heteroatoms. The molecule has 0 amide bonds. The Labute approximate surface area is 154 Å². The topological polar surface area (TPSA) is 46.8 Å². The summed E-state index contributed by atoms with van der Waals surface area (Å²) in [5.74, 6) is 1.53. The molecule has 2 aromatic heterocycles. The molecule has 0 N–H and O–H groups in total. The highest BCUT2D eigenvalue weighted by molar-refractivity contribution is 5.55. The number of aromatic nitrogens is 4. The van der Waals surface area contributed by atoms with Gasteiger partial charge in [0, 0.05) is 49.0 Å². The normalized spacial score (nSPS) is 16.0. The van der Waals surface area contributed by atoms with Crippen LogP contribution in [0.25, 0.3) is 11.4 Å². The second-order valence-corrected chi connectivity index (χ2v) is 7.23. The smallest absolute Gasteiger partial charge is 0.159 e. The van der Waals surface area contributed by atoms with Crippen LogP contribution >= 0.6 is 0 Å². The molecular formula is C21H25N5. The fourth-order valence-corrected chi connectivity index (χ4v) is 3.63. The third kappa shape index (κ3) is 4.17. The molecule has 5 nitrogen and oxygen atoms in total. The van der Waals surface area contributed by atoms with Gasteiger partial charge in [-0.2, -0.15) is 5.10 Å². The molecule has 0 atom stereocenters. The molecule has 0 aliphatic carbocycles. The number of benzene rings is 1. The first-order valence-corrected chi connectivity index (χ1v) is 9.34. The number of rotatable bonds is 5. The van der Waals surface area contributed by atoms with Crippen LogP contribution in [0.5, 0.6) is 0 Å². The van der Waals surface area contributed by atoms with Gasteiger partial charge >= 0.3 is 0 Å². The molecule has 0 unspecified atom stereocenters. The third-order valence-corrected chi connectivity index (χ3v) is 5.10. The molecule has 1 aliphatic heterocycles. The van der Waals surface area contributed by atoms with E-state index in [4.69, 9.17) is 0 Å². The van der Waals surface area contributed by atoms with Gasteiger partial charge < -0.3 is 0 Å². The van der Waals surface area contributed by atoms with Gasteiger partial charge in [0.05, 0.1) is 0 Å². The molecule has 0 saturated carbocycles. The van der Waals surface area contributed by atoms with E-state index >= 15 is 0 Å². The number of hydrogen-bond donors (Lipinski definition) is 0. The van der Waals surface area contributed by atoms with Crippen molar-refractivity contribution in [1.82, 2.24) is 24.6 Å². The second-order valence-electron chi connectivity index (χ2n) is 7.23. The van der Waals surface area contributed by atoms with Gasteiger partial charge in [0.1, 0.15) is 0 Å². The molecule has 3 aromatic rings. The predicted molar refractivity (Wildman–Crippen MR) is 102 cm³/mol. The van der Waals surface area contributed by atoms with E-state index < -0.39 is 0 Å². The Morgan fingerprint density at radius 3 is 2.58 bits per heavy atom. The van der Waals surface area contributed by atoms with Gasteiger partial charge in [-0.1, -0.05) is 23.8 Å². The van der Waals surface area contributed by atoms with Crippen molar-refractivity contribution < 1.29 is 0 Å². The van der Waals surface area contributed by atoms with Crippen LogP contribution in [0.2, 0.25) is 0 Å². The Morgan fingerprint density at radius 1 is 1.08 bits per heavy atom. The van der Waals surface area contributed by atoms with Crippen LogP contribution in [-0.4, -0.2) is 37.7 Å². The first kappa shape index (κ1) is 16.9. The van der Waals surface area contributed by atoms with Gasteiger partial charge in [-0.25, -0.2) is 9.97 Å². The van der Waals surface area contributed by atoms with E-state index in [0.29, 0.717) is 0 Å². The van der Waals surface area contributed by atoms with Gasteiger partial charge in [-0.15, -0.1) is 0 Å². The van der Waals surface area contributed by atoms with Crippen LogP contribution in [0.15, 0.2) is 55.1 Å². The Bertz CT molecular complexity index is 818. The molecular weight excluding hydrogens is 322 g/mol. The standard InChI is InChI=1S/C21H25N5/c1-17-4-2-5-20(12-17)21-22-13-19(14-23-21)15-25-10-6-18(7-11-25)16-26-9-3-8-24-26/h2-5,8-9,12-14,18H,6-7,10-11,15-16H2,1H3. The zero-order valence-corrected chi connectivity index (χ0v) is 15.3. The van der Waals surface area contributed by atoms with E-state index in [1.807, 2.05) is 24.7 Å². The maximum absolute atomic E-state index is 4.57. The van der Waals surface area contributed by atoms with Crippen molar-refractivity contribution >= 4 is 0 Å². The van der Waals surface area contributed by atoms with Gasteiger partial charge in [0.15, 0.2) is 5.82 Å². The minimum absolute atomic E-state index is 0.728. The van der Waals surface area contributed by atoms with Crippen LogP contribution in [0.4, 0.5) is 0 Å². The van der Waals surface area contributed by atoms with Crippen LogP contribution in [0, 0.1) is 12.8 Å². The highest BCUT2D eigenvalue weighted by Crippen LogP contribution is 2.21. The molecule has 1 aromatic carbocycles. The Balaban J connectivity index is 1.31. The average molecular weight is 347 g/mol. The van der Waals surface area contributed by atoms with Crippen LogP contribution in [-0.2, 0) is 13.1 Å². The average Bonchev–Trinajstić information content (AvgIpc) is 3.17. The number of aryl methyl sites for hydroxylation is 1. The SMILES string of the molecule is Cc1cccc(-c2ncc(CN3CCC(Cn4cccn4)CC3)cn2)c1. The maximum atomic E-state index is 4.57. The van der Waals surface area contributed by atoms with Gasteiger partial charge in [-0.05, 0) is 50.9 Å². The van der Waals surface area contributed by atoms with E-state index in [1.54, 1.807) is 0 Å². The van der Waals surface area contributed by atoms with Crippen LogP contribution < -0.4 is 0 Å². The van der Waals surface area contributed by atoms with Gasteiger partial charge in [-0.3, -0.25) is 9.58 Å². The quantitative estimate of drug-likeness (QED) is 0.708. The first-order chi connectivity index (χ1) is 12.8. The highest BCUT2D eigenvalue weighted by atomic mass is 15.3. The van der Waals surface area contributed by atoms with E-state index in [0.717, 1.165) is 43.5 Å².